The van der Waals surface area contributed by atoms with Gasteiger partial charge in [-0.05, 0) is 61.6 Å². The summed E-state index contributed by atoms with van der Waals surface area (Å²) in [6.45, 7) is 2.50. The molecule has 2 N–H and O–H groups in total. The first-order chi connectivity index (χ1) is 12.0. The second kappa shape index (κ2) is 6.90. The number of carbonyl (C=O) groups excluding carboxylic acids is 1. The van der Waals surface area contributed by atoms with Gasteiger partial charge in [0.05, 0.1) is 17.5 Å². The SMILES string of the molecule is CCOc1ccc(NC(=O)c2ccc3c(=O)n(C)c(=S)[nH]c3c2)cc1. The molecule has 0 spiro atoms. The molecule has 1 amide bonds. The molecule has 0 bridgehead atoms. The van der Waals surface area contributed by atoms with Gasteiger partial charge >= 0.3 is 0 Å². The summed E-state index contributed by atoms with van der Waals surface area (Å²) in [6, 6.07) is 12.0. The lowest BCUT2D eigenvalue weighted by atomic mass is 10.1. The Morgan fingerprint density at radius 1 is 1.24 bits per heavy atom. The smallest absolute Gasteiger partial charge is 0.261 e. The van der Waals surface area contributed by atoms with Crippen LogP contribution in [0.15, 0.2) is 47.3 Å². The molecule has 2 aromatic carbocycles. The number of hydrogen-bond donors (Lipinski definition) is 2. The number of aromatic amines is 1. The van der Waals surface area contributed by atoms with E-state index in [0.29, 0.717) is 33.5 Å². The predicted molar refractivity (Wildman–Crippen MR) is 99.9 cm³/mol. The Kier molecular flexibility index (Phi) is 4.67. The largest absolute Gasteiger partial charge is 0.494 e. The third kappa shape index (κ3) is 3.46. The van der Waals surface area contributed by atoms with Gasteiger partial charge in [0.25, 0.3) is 11.5 Å². The van der Waals surface area contributed by atoms with Gasteiger partial charge in [0.1, 0.15) is 5.75 Å². The van der Waals surface area contributed by atoms with E-state index in [1.54, 1.807) is 49.5 Å². The molecular weight excluding hydrogens is 338 g/mol. The van der Waals surface area contributed by atoms with Crippen molar-refractivity contribution < 1.29 is 9.53 Å². The minimum atomic E-state index is -0.272. The van der Waals surface area contributed by atoms with E-state index in [0.717, 1.165) is 5.75 Å². The van der Waals surface area contributed by atoms with Gasteiger partial charge in [0, 0.05) is 18.3 Å². The number of fused-ring (bicyclic) bond motifs is 1. The van der Waals surface area contributed by atoms with Crippen molar-refractivity contribution in [1.82, 2.24) is 9.55 Å². The number of anilines is 1. The summed E-state index contributed by atoms with van der Waals surface area (Å²) >= 11 is 5.11. The van der Waals surface area contributed by atoms with Gasteiger partial charge in [-0.1, -0.05) is 0 Å². The van der Waals surface area contributed by atoms with Crippen molar-refractivity contribution in [1.29, 1.82) is 0 Å². The molecule has 0 aliphatic rings. The number of benzene rings is 2. The second-order valence-corrected chi connectivity index (χ2v) is 5.85. The van der Waals surface area contributed by atoms with Gasteiger partial charge in [-0.15, -0.1) is 0 Å². The highest BCUT2D eigenvalue weighted by Gasteiger charge is 2.10. The van der Waals surface area contributed by atoms with Crippen LogP contribution in [0.25, 0.3) is 10.9 Å². The van der Waals surface area contributed by atoms with Crippen molar-refractivity contribution in [2.45, 2.75) is 6.92 Å². The second-order valence-electron chi connectivity index (χ2n) is 5.47. The standard InChI is InChI=1S/C18H17N3O3S/c1-3-24-13-7-5-12(6-8-13)19-16(22)11-4-9-14-15(10-11)20-18(25)21(2)17(14)23/h4-10H,3H2,1-2H3,(H,19,22)(H,20,25). The summed E-state index contributed by atoms with van der Waals surface area (Å²) in [5.74, 6) is 0.473. The number of H-pyrrole nitrogens is 1. The zero-order valence-electron chi connectivity index (χ0n) is 13.8. The van der Waals surface area contributed by atoms with E-state index in [9.17, 15) is 9.59 Å². The van der Waals surface area contributed by atoms with Crippen molar-refractivity contribution in [2.75, 3.05) is 11.9 Å². The lowest BCUT2D eigenvalue weighted by Crippen LogP contribution is -2.19. The molecule has 0 aliphatic heterocycles. The summed E-state index contributed by atoms with van der Waals surface area (Å²) in [4.78, 5) is 27.6. The van der Waals surface area contributed by atoms with Gasteiger partial charge in [-0.25, -0.2) is 0 Å². The van der Waals surface area contributed by atoms with Crippen molar-refractivity contribution in [3.63, 3.8) is 0 Å². The average molecular weight is 355 g/mol. The van der Waals surface area contributed by atoms with Gasteiger partial charge in [0.15, 0.2) is 4.77 Å². The Bertz CT molecular complexity index is 1050. The number of ether oxygens (including phenoxy) is 1. The molecule has 3 rings (SSSR count). The van der Waals surface area contributed by atoms with Crippen LogP contribution in [0.2, 0.25) is 0 Å². The zero-order valence-corrected chi connectivity index (χ0v) is 14.6. The van der Waals surface area contributed by atoms with E-state index in [1.807, 2.05) is 6.92 Å². The molecular formula is C18H17N3O3S. The predicted octanol–water partition coefficient (Wildman–Crippen LogP) is 3.25. The molecule has 0 unspecified atom stereocenters. The van der Waals surface area contributed by atoms with E-state index in [4.69, 9.17) is 17.0 Å². The Morgan fingerprint density at radius 2 is 1.96 bits per heavy atom. The Hall–Kier alpha value is -2.93. The lowest BCUT2D eigenvalue weighted by molar-refractivity contribution is 0.102. The first-order valence-corrected chi connectivity index (χ1v) is 8.17. The van der Waals surface area contributed by atoms with Crippen LogP contribution in [-0.4, -0.2) is 22.1 Å². The van der Waals surface area contributed by atoms with E-state index in [2.05, 4.69) is 10.3 Å². The highest BCUT2D eigenvalue weighted by atomic mass is 32.1. The first kappa shape index (κ1) is 16.9. The molecule has 0 saturated carbocycles. The Labute approximate surface area is 149 Å². The third-order valence-electron chi connectivity index (χ3n) is 3.79. The van der Waals surface area contributed by atoms with Crippen LogP contribution in [0, 0.1) is 4.77 Å². The lowest BCUT2D eigenvalue weighted by Gasteiger charge is -2.08. The fourth-order valence-corrected chi connectivity index (χ4v) is 2.64. The quantitative estimate of drug-likeness (QED) is 0.705. The average Bonchev–Trinajstić information content (AvgIpc) is 2.61. The van der Waals surface area contributed by atoms with E-state index >= 15 is 0 Å². The van der Waals surface area contributed by atoms with Crippen LogP contribution in [0.3, 0.4) is 0 Å². The van der Waals surface area contributed by atoms with Crippen LogP contribution < -0.4 is 15.6 Å². The molecule has 0 saturated heterocycles. The number of carbonyl (C=O) groups is 1. The van der Waals surface area contributed by atoms with Crippen molar-refractivity contribution >= 4 is 34.7 Å². The van der Waals surface area contributed by atoms with Crippen LogP contribution in [-0.2, 0) is 7.05 Å². The molecule has 6 nitrogen and oxygen atoms in total. The normalized spacial score (nSPS) is 10.6. The van der Waals surface area contributed by atoms with Gasteiger partial charge in [-0.3, -0.25) is 14.2 Å². The summed E-state index contributed by atoms with van der Waals surface area (Å²) in [5.41, 5.74) is 1.43. The summed E-state index contributed by atoms with van der Waals surface area (Å²) in [7, 11) is 1.60. The Morgan fingerprint density at radius 3 is 2.64 bits per heavy atom. The molecule has 0 radical (unpaired) electrons. The number of hydrogen-bond acceptors (Lipinski definition) is 4. The summed E-state index contributed by atoms with van der Waals surface area (Å²) < 4.78 is 7.04. The summed E-state index contributed by atoms with van der Waals surface area (Å²) in [6.07, 6.45) is 0. The fourth-order valence-electron chi connectivity index (χ4n) is 2.45. The molecule has 0 fully saturated rings. The van der Waals surface area contributed by atoms with Gasteiger partial charge in [0.2, 0.25) is 0 Å². The number of nitrogens with zero attached hydrogens (tertiary/aromatic N) is 1. The molecule has 3 aromatic rings. The van der Waals surface area contributed by atoms with Crippen LogP contribution in [0.1, 0.15) is 17.3 Å². The molecule has 1 aromatic heterocycles. The minimum absolute atomic E-state index is 0.197. The number of rotatable bonds is 4. The zero-order chi connectivity index (χ0) is 18.0. The van der Waals surface area contributed by atoms with E-state index < -0.39 is 0 Å². The molecule has 0 atom stereocenters. The van der Waals surface area contributed by atoms with Crippen molar-refractivity contribution in [2.24, 2.45) is 7.05 Å². The highest BCUT2D eigenvalue weighted by molar-refractivity contribution is 7.71. The van der Waals surface area contributed by atoms with E-state index in [1.165, 1.54) is 4.57 Å². The van der Waals surface area contributed by atoms with Crippen LogP contribution in [0.5, 0.6) is 5.75 Å². The van der Waals surface area contributed by atoms with Crippen LogP contribution >= 0.6 is 12.2 Å². The van der Waals surface area contributed by atoms with Crippen molar-refractivity contribution in [3.8, 4) is 5.75 Å². The Balaban J connectivity index is 1.88. The third-order valence-corrected chi connectivity index (χ3v) is 4.16. The fraction of sp³-hybridized carbons (Fsp3) is 0.167. The molecule has 7 heteroatoms. The first-order valence-electron chi connectivity index (χ1n) is 7.77. The molecule has 128 valence electrons. The number of amides is 1. The molecule has 0 aliphatic carbocycles. The maximum Gasteiger partial charge on any atom is 0.261 e. The van der Waals surface area contributed by atoms with Gasteiger partial charge < -0.3 is 15.0 Å². The van der Waals surface area contributed by atoms with Crippen molar-refractivity contribution in [3.05, 3.63) is 63.2 Å². The number of aromatic nitrogens is 2. The maximum absolute atomic E-state index is 12.4. The maximum atomic E-state index is 12.4. The summed E-state index contributed by atoms with van der Waals surface area (Å²) in [5, 5.41) is 3.30. The monoisotopic (exact) mass is 355 g/mol. The van der Waals surface area contributed by atoms with Crippen LogP contribution in [0.4, 0.5) is 5.69 Å². The molecule has 25 heavy (non-hydrogen) atoms. The topological polar surface area (TPSA) is 76.1 Å². The van der Waals surface area contributed by atoms with Gasteiger partial charge in [-0.2, -0.15) is 0 Å². The number of nitrogens with one attached hydrogen (secondary N) is 2. The molecule has 1 heterocycles. The minimum Gasteiger partial charge on any atom is -0.494 e. The highest BCUT2D eigenvalue weighted by Crippen LogP contribution is 2.17. The van der Waals surface area contributed by atoms with E-state index in [-0.39, 0.29) is 11.5 Å².